The van der Waals surface area contributed by atoms with E-state index in [4.69, 9.17) is 0 Å². The van der Waals surface area contributed by atoms with E-state index in [0.717, 1.165) is 35.0 Å². The molecule has 30 heavy (non-hydrogen) atoms. The summed E-state index contributed by atoms with van der Waals surface area (Å²) in [7, 11) is 0. The molecular formula is C22H19N7O. The second kappa shape index (κ2) is 6.52. The first-order valence-corrected chi connectivity index (χ1v) is 9.65. The standard InChI is InChI=1S/C22H19N7O/c1-13-3-7-24-10-16(13)17-9-15-18(11-25-17)27-21(30)20(15)14(2)26-19-4-8-29(28-19)22(12-23)5-6-22/h3-4,7-11,27,30H,5-6H2,1-2H3. The number of nitrogens with zero attached hydrogens (tertiary/aromatic N) is 6. The molecule has 1 saturated carbocycles. The average Bonchev–Trinajstić information content (AvgIpc) is 3.28. The lowest BCUT2D eigenvalue weighted by atomic mass is 10.0. The molecule has 0 aromatic carbocycles. The van der Waals surface area contributed by atoms with Gasteiger partial charge in [-0.25, -0.2) is 4.99 Å². The van der Waals surface area contributed by atoms with Gasteiger partial charge in [-0.05, 0) is 44.4 Å². The number of nitriles is 1. The molecule has 1 aliphatic carbocycles. The van der Waals surface area contributed by atoms with Crippen molar-refractivity contribution in [1.29, 1.82) is 5.26 Å². The van der Waals surface area contributed by atoms with E-state index in [2.05, 4.69) is 31.1 Å². The molecular weight excluding hydrogens is 378 g/mol. The maximum Gasteiger partial charge on any atom is 0.198 e. The molecule has 0 spiro atoms. The number of aromatic amines is 1. The Balaban J connectivity index is 1.57. The predicted octanol–water partition coefficient (Wildman–Crippen LogP) is 3.99. The SMILES string of the molecule is CC(=Nc1ccn(C2(C#N)CC2)n1)c1c(O)[nH]c2cnc(-c3cnccc3C)cc12. The van der Waals surface area contributed by atoms with E-state index in [1.165, 1.54) is 0 Å². The Labute approximate surface area is 172 Å². The Morgan fingerprint density at radius 2 is 2.17 bits per heavy atom. The molecule has 0 unspecified atom stereocenters. The fourth-order valence-corrected chi connectivity index (χ4v) is 3.68. The Morgan fingerprint density at radius 3 is 2.90 bits per heavy atom. The third-order valence-electron chi connectivity index (χ3n) is 5.57. The number of pyridine rings is 2. The highest BCUT2D eigenvalue weighted by atomic mass is 16.3. The number of hydrogen-bond donors (Lipinski definition) is 2. The van der Waals surface area contributed by atoms with Gasteiger partial charge in [0.05, 0.1) is 34.8 Å². The molecule has 4 aromatic heterocycles. The van der Waals surface area contributed by atoms with Crippen molar-refractivity contribution in [2.75, 3.05) is 0 Å². The molecule has 4 aromatic rings. The van der Waals surface area contributed by atoms with Crippen molar-refractivity contribution in [3.05, 3.63) is 54.1 Å². The number of aliphatic imine (C=N–C) groups is 1. The number of aromatic hydroxyl groups is 1. The van der Waals surface area contributed by atoms with Crippen LogP contribution in [0.25, 0.3) is 22.2 Å². The van der Waals surface area contributed by atoms with Gasteiger partial charge >= 0.3 is 0 Å². The molecule has 0 radical (unpaired) electrons. The zero-order valence-electron chi connectivity index (χ0n) is 16.6. The Morgan fingerprint density at radius 1 is 1.33 bits per heavy atom. The van der Waals surface area contributed by atoms with Gasteiger partial charge in [0.2, 0.25) is 0 Å². The summed E-state index contributed by atoms with van der Waals surface area (Å²) in [5, 5.41) is 25.2. The molecule has 0 atom stereocenters. The quantitative estimate of drug-likeness (QED) is 0.505. The van der Waals surface area contributed by atoms with Crippen LogP contribution in [0.3, 0.4) is 0 Å². The lowest BCUT2D eigenvalue weighted by molar-refractivity contribution is 0.457. The van der Waals surface area contributed by atoms with E-state index in [0.29, 0.717) is 22.6 Å². The molecule has 1 fully saturated rings. The number of nitrogens with one attached hydrogen (secondary N) is 1. The molecule has 1 aliphatic rings. The van der Waals surface area contributed by atoms with Crippen LogP contribution in [0.1, 0.15) is 30.9 Å². The highest BCUT2D eigenvalue weighted by Crippen LogP contribution is 2.42. The molecule has 0 saturated heterocycles. The van der Waals surface area contributed by atoms with Crippen molar-refractivity contribution < 1.29 is 5.11 Å². The maximum absolute atomic E-state index is 10.5. The fraction of sp³-hybridized carbons (Fsp3) is 0.227. The molecule has 5 rings (SSSR count). The number of fused-ring (bicyclic) bond motifs is 1. The van der Waals surface area contributed by atoms with E-state index >= 15 is 0 Å². The first kappa shape index (κ1) is 18.1. The van der Waals surface area contributed by atoms with E-state index in [1.54, 1.807) is 35.5 Å². The fourth-order valence-electron chi connectivity index (χ4n) is 3.68. The van der Waals surface area contributed by atoms with Crippen molar-refractivity contribution in [2.45, 2.75) is 32.2 Å². The summed E-state index contributed by atoms with van der Waals surface area (Å²) >= 11 is 0. The largest absolute Gasteiger partial charge is 0.494 e. The minimum Gasteiger partial charge on any atom is -0.494 e. The Bertz CT molecular complexity index is 1350. The molecule has 2 N–H and O–H groups in total. The van der Waals surface area contributed by atoms with E-state index in [9.17, 15) is 10.4 Å². The van der Waals surface area contributed by atoms with E-state index in [-0.39, 0.29) is 5.88 Å². The van der Waals surface area contributed by atoms with Gasteiger partial charge in [-0.2, -0.15) is 10.4 Å². The minimum absolute atomic E-state index is 0.0308. The zero-order valence-corrected chi connectivity index (χ0v) is 16.6. The highest BCUT2D eigenvalue weighted by Gasteiger charge is 2.46. The van der Waals surface area contributed by atoms with Gasteiger partial charge in [-0.1, -0.05) is 0 Å². The van der Waals surface area contributed by atoms with Crippen LogP contribution in [0.4, 0.5) is 5.82 Å². The topological polar surface area (TPSA) is 116 Å². The summed E-state index contributed by atoms with van der Waals surface area (Å²) in [4.78, 5) is 16.3. The first-order valence-electron chi connectivity index (χ1n) is 9.65. The summed E-state index contributed by atoms with van der Waals surface area (Å²) < 4.78 is 1.68. The van der Waals surface area contributed by atoms with E-state index in [1.807, 2.05) is 26.0 Å². The summed E-state index contributed by atoms with van der Waals surface area (Å²) in [5.74, 6) is 0.531. The van der Waals surface area contributed by atoms with Crippen molar-refractivity contribution >= 4 is 22.4 Å². The monoisotopic (exact) mass is 397 g/mol. The Hall–Kier alpha value is -3.99. The smallest absolute Gasteiger partial charge is 0.198 e. The molecule has 8 heteroatoms. The van der Waals surface area contributed by atoms with Crippen LogP contribution in [-0.2, 0) is 5.54 Å². The lowest BCUT2D eigenvalue weighted by Crippen LogP contribution is -2.14. The van der Waals surface area contributed by atoms with Crippen molar-refractivity contribution in [3.63, 3.8) is 0 Å². The van der Waals surface area contributed by atoms with Crippen LogP contribution in [0, 0.1) is 18.3 Å². The molecule has 0 aliphatic heterocycles. The van der Waals surface area contributed by atoms with Crippen LogP contribution in [-0.4, -0.2) is 35.6 Å². The molecule has 148 valence electrons. The third-order valence-corrected chi connectivity index (χ3v) is 5.57. The van der Waals surface area contributed by atoms with E-state index < -0.39 is 5.54 Å². The summed E-state index contributed by atoms with van der Waals surface area (Å²) in [5.41, 5.74) is 4.19. The molecule has 8 nitrogen and oxygen atoms in total. The van der Waals surface area contributed by atoms with Crippen molar-refractivity contribution in [3.8, 4) is 23.2 Å². The Kier molecular flexibility index (Phi) is 3.93. The van der Waals surface area contributed by atoms with Crippen LogP contribution < -0.4 is 0 Å². The summed E-state index contributed by atoms with van der Waals surface area (Å²) in [6.45, 7) is 3.84. The van der Waals surface area contributed by atoms with Crippen LogP contribution in [0.15, 0.2) is 48.0 Å². The van der Waals surface area contributed by atoms with Crippen LogP contribution in [0.5, 0.6) is 5.88 Å². The third kappa shape index (κ3) is 2.83. The molecule has 0 bridgehead atoms. The normalized spacial score (nSPS) is 15.3. The second-order valence-corrected chi connectivity index (χ2v) is 7.61. The number of hydrogen-bond acceptors (Lipinski definition) is 6. The van der Waals surface area contributed by atoms with Gasteiger partial charge < -0.3 is 10.1 Å². The van der Waals surface area contributed by atoms with Gasteiger partial charge in [0.1, 0.15) is 5.54 Å². The van der Waals surface area contributed by atoms with Gasteiger partial charge in [0, 0.05) is 35.6 Å². The summed E-state index contributed by atoms with van der Waals surface area (Å²) in [6, 6.07) is 7.96. The number of rotatable bonds is 4. The second-order valence-electron chi connectivity index (χ2n) is 7.61. The molecule has 0 amide bonds. The van der Waals surface area contributed by atoms with Gasteiger partial charge in [0.15, 0.2) is 11.7 Å². The lowest BCUT2D eigenvalue weighted by Gasteiger charge is -2.05. The first-order chi connectivity index (χ1) is 14.5. The maximum atomic E-state index is 10.5. The van der Waals surface area contributed by atoms with Crippen LogP contribution >= 0.6 is 0 Å². The summed E-state index contributed by atoms with van der Waals surface area (Å²) in [6.07, 6.45) is 8.63. The van der Waals surface area contributed by atoms with Crippen molar-refractivity contribution in [1.82, 2.24) is 24.7 Å². The zero-order chi connectivity index (χ0) is 20.9. The number of H-pyrrole nitrogens is 1. The van der Waals surface area contributed by atoms with Gasteiger partial charge in [-0.15, -0.1) is 0 Å². The minimum atomic E-state index is -0.521. The van der Waals surface area contributed by atoms with Crippen molar-refractivity contribution in [2.24, 2.45) is 4.99 Å². The average molecular weight is 397 g/mol. The number of aryl methyl sites for hydroxylation is 1. The van der Waals surface area contributed by atoms with Crippen LogP contribution in [0.2, 0.25) is 0 Å². The molecule has 4 heterocycles. The number of aromatic nitrogens is 5. The van der Waals surface area contributed by atoms with Gasteiger partial charge in [-0.3, -0.25) is 14.6 Å². The highest BCUT2D eigenvalue weighted by molar-refractivity contribution is 6.13. The predicted molar refractivity (Wildman–Crippen MR) is 113 cm³/mol. The van der Waals surface area contributed by atoms with Gasteiger partial charge in [0.25, 0.3) is 0 Å².